The van der Waals surface area contributed by atoms with Crippen LogP contribution in [0.4, 0.5) is 8.78 Å². The molecule has 1 amide bonds. The first-order chi connectivity index (χ1) is 9.08. The third-order valence-electron chi connectivity index (χ3n) is 2.69. The molecule has 0 saturated carbocycles. The number of nitrogens with one attached hydrogen (secondary N) is 2. The highest BCUT2D eigenvalue weighted by atomic mass is 19.2. The first-order valence-electron chi connectivity index (χ1n) is 5.79. The van der Waals surface area contributed by atoms with Crippen LogP contribution < -0.4 is 5.32 Å². The van der Waals surface area contributed by atoms with Crippen molar-refractivity contribution < 1.29 is 13.6 Å². The second-order valence-electron chi connectivity index (χ2n) is 4.15. The van der Waals surface area contributed by atoms with Crippen molar-refractivity contribution in [3.8, 4) is 0 Å². The summed E-state index contributed by atoms with van der Waals surface area (Å²) >= 11 is 0. The van der Waals surface area contributed by atoms with Crippen LogP contribution in [0.3, 0.4) is 0 Å². The van der Waals surface area contributed by atoms with E-state index in [1.807, 2.05) is 0 Å². The molecule has 1 aromatic carbocycles. The number of hydrogen-bond donors (Lipinski definition) is 2. The van der Waals surface area contributed by atoms with E-state index in [0.717, 1.165) is 6.07 Å². The number of rotatable bonds is 4. The van der Waals surface area contributed by atoms with Gasteiger partial charge in [-0.3, -0.25) is 4.79 Å². The van der Waals surface area contributed by atoms with Crippen molar-refractivity contribution in [1.29, 1.82) is 0 Å². The highest BCUT2D eigenvalue weighted by molar-refractivity contribution is 5.78. The minimum Gasteiger partial charge on any atom is -0.347 e. The van der Waals surface area contributed by atoms with Gasteiger partial charge in [-0.1, -0.05) is 12.1 Å². The summed E-state index contributed by atoms with van der Waals surface area (Å²) in [6.45, 7) is 1.75. The third-order valence-corrected chi connectivity index (χ3v) is 2.69. The molecule has 4 nitrogen and oxygen atoms in total. The Labute approximate surface area is 108 Å². The maximum Gasteiger partial charge on any atom is 0.225 e. The van der Waals surface area contributed by atoms with E-state index in [1.54, 1.807) is 19.3 Å². The summed E-state index contributed by atoms with van der Waals surface area (Å²) in [7, 11) is 0. The molecule has 0 spiro atoms. The summed E-state index contributed by atoms with van der Waals surface area (Å²) in [4.78, 5) is 18.6. The van der Waals surface area contributed by atoms with Crippen molar-refractivity contribution in [3.05, 3.63) is 53.6 Å². The Morgan fingerprint density at radius 2 is 2.26 bits per heavy atom. The summed E-state index contributed by atoms with van der Waals surface area (Å²) in [6, 6.07) is 3.45. The average Bonchev–Trinajstić information content (AvgIpc) is 2.88. The lowest BCUT2D eigenvalue weighted by Gasteiger charge is -2.11. The Hall–Kier alpha value is -2.24. The zero-order valence-corrected chi connectivity index (χ0v) is 10.3. The summed E-state index contributed by atoms with van der Waals surface area (Å²) in [5, 5.41) is 2.66. The van der Waals surface area contributed by atoms with Crippen LogP contribution in [0.5, 0.6) is 0 Å². The molecular weight excluding hydrogens is 252 g/mol. The molecule has 0 aliphatic rings. The van der Waals surface area contributed by atoms with Gasteiger partial charge in [0.05, 0.1) is 12.5 Å². The van der Waals surface area contributed by atoms with E-state index in [0.29, 0.717) is 5.82 Å². The van der Waals surface area contributed by atoms with Crippen molar-refractivity contribution in [2.75, 3.05) is 0 Å². The van der Waals surface area contributed by atoms with Gasteiger partial charge >= 0.3 is 0 Å². The molecule has 0 aliphatic heterocycles. The number of carbonyl (C=O) groups excluding carboxylic acids is 1. The van der Waals surface area contributed by atoms with Gasteiger partial charge in [0.25, 0.3) is 0 Å². The number of halogens is 2. The third kappa shape index (κ3) is 3.15. The second kappa shape index (κ2) is 5.60. The van der Waals surface area contributed by atoms with Crippen molar-refractivity contribution in [2.24, 2.45) is 0 Å². The molecule has 2 N–H and O–H groups in total. The summed E-state index contributed by atoms with van der Waals surface area (Å²) in [5.74, 6) is -1.73. The second-order valence-corrected chi connectivity index (χ2v) is 4.15. The Morgan fingerprint density at radius 3 is 2.95 bits per heavy atom. The molecule has 0 radical (unpaired) electrons. The molecule has 19 heavy (non-hydrogen) atoms. The summed E-state index contributed by atoms with van der Waals surface area (Å²) in [5.41, 5.74) is 0.0316. The zero-order valence-electron chi connectivity index (χ0n) is 10.3. The quantitative estimate of drug-likeness (QED) is 0.889. The maximum absolute atomic E-state index is 13.4. The normalized spacial score (nSPS) is 12.2. The fourth-order valence-corrected chi connectivity index (χ4v) is 1.73. The van der Waals surface area contributed by atoms with E-state index in [2.05, 4.69) is 15.3 Å². The van der Waals surface area contributed by atoms with Gasteiger partial charge in [-0.15, -0.1) is 0 Å². The number of amides is 1. The number of benzene rings is 1. The molecule has 6 heteroatoms. The van der Waals surface area contributed by atoms with Crippen LogP contribution in [0.2, 0.25) is 0 Å². The highest BCUT2D eigenvalue weighted by Gasteiger charge is 2.15. The van der Waals surface area contributed by atoms with Crippen molar-refractivity contribution in [3.63, 3.8) is 0 Å². The minimum atomic E-state index is -0.983. The largest absolute Gasteiger partial charge is 0.347 e. The fourth-order valence-electron chi connectivity index (χ4n) is 1.73. The van der Waals surface area contributed by atoms with Gasteiger partial charge < -0.3 is 10.3 Å². The molecule has 0 aliphatic carbocycles. The van der Waals surface area contributed by atoms with E-state index >= 15 is 0 Å². The predicted octanol–water partition coefficient (Wildman–Crippen LogP) is 2.11. The molecule has 2 rings (SSSR count). The molecule has 2 aromatic rings. The number of imidazole rings is 1. The van der Waals surface area contributed by atoms with Crippen LogP contribution in [0.1, 0.15) is 24.4 Å². The Balaban J connectivity index is 2.00. The van der Waals surface area contributed by atoms with E-state index in [4.69, 9.17) is 0 Å². The highest BCUT2D eigenvalue weighted by Crippen LogP contribution is 2.12. The van der Waals surface area contributed by atoms with Crippen LogP contribution in [-0.4, -0.2) is 15.9 Å². The topological polar surface area (TPSA) is 57.8 Å². The standard InChI is InChI=1S/C13H13F2N3O/c1-8(13-16-5-6-17-13)18-11(19)7-9-3-2-4-10(14)12(9)15/h2-6,8H,7H2,1H3,(H,16,17)(H,18,19). The smallest absolute Gasteiger partial charge is 0.225 e. The van der Waals surface area contributed by atoms with Gasteiger partial charge in [0.15, 0.2) is 11.6 Å². The number of hydrogen-bond acceptors (Lipinski definition) is 2. The number of H-pyrrole nitrogens is 1. The Morgan fingerprint density at radius 1 is 1.47 bits per heavy atom. The fraction of sp³-hybridized carbons (Fsp3) is 0.231. The molecule has 0 bridgehead atoms. The first kappa shape index (κ1) is 13.2. The molecule has 0 fully saturated rings. The average molecular weight is 265 g/mol. The van der Waals surface area contributed by atoms with Gasteiger partial charge in [-0.25, -0.2) is 13.8 Å². The number of aromatic nitrogens is 2. The van der Waals surface area contributed by atoms with Crippen molar-refractivity contribution >= 4 is 5.91 Å². The van der Waals surface area contributed by atoms with Crippen LogP contribution in [-0.2, 0) is 11.2 Å². The van der Waals surface area contributed by atoms with Crippen LogP contribution >= 0.6 is 0 Å². The molecular formula is C13H13F2N3O. The van der Waals surface area contributed by atoms with Crippen molar-refractivity contribution in [2.45, 2.75) is 19.4 Å². The Bertz CT molecular complexity index is 569. The van der Waals surface area contributed by atoms with Gasteiger partial charge in [0.1, 0.15) is 5.82 Å². The van der Waals surface area contributed by atoms with E-state index in [1.165, 1.54) is 12.1 Å². The lowest BCUT2D eigenvalue weighted by atomic mass is 10.1. The molecule has 1 atom stereocenters. The van der Waals surface area contributed by atoms with Crippen LogP contribution in [0.25, 0.3) is 0 Å². The van der Waals surface area contributed by atoms with Crippen molar-refractivity contribution in [1.82, 2.24) is 15.3 Å². The van der Waals surface area contributed by atoms with Crippen LogP contribution in [0.15, 0.2) is 30.6 Å². The first-order valence-corrected chi connectivity index (χ1v) is 5.79. The Kier molecular flexibility index (Phi) is 3.89. The van der Waals surface area contributed by atoms with E-state index in [9.17, 15) is 13.6 Å². The lowest BCUT2D eigenvalue weighted by molar-refractivity contribution is -0.121. The molecule has 100 valence electrons. The SMILES string of the molecule is CC(NC(=O)Cc1cccc(F)c1F)c1ncc[nH]1. The molecule has 1 heterocycles. The van der Waals surface area contributed by atoms with Gasteiger partial charge in [0, 0.05) is 18.0 Å². The van der Waals surface area contributed by atoms with Gasteiger partial charge in [0.2, 0.25) is 5.91 Å². The van der Waals surface area contributed by atoms with Crippen LogP contribution in [0, 0.1) is 11.6 Å². The number of carbonyl (C=O) groups is 1. The minimum absolute atomic E-state index is 0.0316. The predicted molar refractivity (Wildman–Crippen MR) is 65.2 cm³/mol. The van der Waals surface area contributed by atoms with Gasteiger partial charge in [-0.2, -0.15) is 0 Å². The van der Waals surface area contributed by atoms with E-state index < -0.39 is 17.5 Å². The maximum atomic E-state index is 13.4. The number of nitrogens with zero attached hydrogens (tertiary/aromatic N) is 1. The molecule has 1 unspecified atom stereocenters. The molecule has 1 aromatic heterocycles. The monoisotopic (exact) mass is 265 g/mol. The molecule has 0 saturated heterocycles. The number of aromatic amines is 1. The van der Waals surface area contributed by atoms with E-state index in [-0.39, 0.29) is 18.0 Å². The zero-order chi connectivity index (χ0) is 13.8. The lowest BCUT2D eigenvalue weighted by Crippen LogP contribution is -2.29. The summed E-state index contributed by atoms with van der Waals surface area (Å²) < 4.78 is 26.4. The summed E-state index contributed by atoms with van der Waals surface area (Å²) in [6.07, 6.45) is 3.00. The van der Waals surface area contributed by atoms with Gasteiger partial charge in [-0.05, 0) is 13.0 Å².